The van der Waals surface area contributed by atoms with Crippen LogP contribution in [0.4, 0.5) is 0 Å². The molecule has 0 saturated heterocycles. The second kappa shape index (κ2) is 5.92. The molecule has 96 valence electrons. The lowest BCUT2D eigenvalue weighted by Gasteiger charge is -2.12. The van der Waals surface area contributed by atoms with Crippen LogP contribution in [0.2, 0.25) is 0 Å². The van der Waals surface area contributed by atoms with Crippen molar-refractivity contribution >= 4 is 0 Å². The average Bonchev–Trinajstić information content (AvgIpc) is 2.43. The van der Waals surface area contributed by atoms with Crippen molar-refractivity contribution in [1.29, 1.82) is 5.26 Å². The van der Waals surface area contributed by atoms with Crippen LogP contribution in [0.15, 0.2) is 42.5 Å². The Balaban J connectivity index is 2.38. The van der Waals surface area contributed by atoms with Crippen molar-refractivity contribution in [2.75, 3.05) is 0 Å². The summed E-state index contributed by atoms with van der Waals surface area (Å²) >= 11 is 0. The van der Waals surface area contributed by atoms with Crippen molar-refractivity contribution in [3.8, 4) is 23.3 Å². The SMILES string of the molecule is CCCc1c(O)cccc1Oc1ccccc1C#N. The molecule has 3 nitrogen and oxygen atoms in total. The first-order chi connectivity index (χ1) is 9.26. The summed E-state index contributed by atoms with van der Waals surface area (Å²) < 4.78 is 5.78. The van der Waals surface area contributed by atoms with Crippen LogP contribution in [-0.2, 0) is 6.42 Å². The first-order valence-corrected chi connectivity index (χ1v) is 6.24. The second-order valence-corrected chi connectivity index (χ2v) is 4.21. The van der Waals surface area contributed by atoms with E-state index in [-0.39, 0.29) is 5.75 Å². The van der Waals surface area contributed by atoms with Gasteiger partial charge in [-0.15, -0.1) is 0 Å². The van der Waals surface area contributed by atoms with E-state index in [2.05, 4.69) is 6.07 Å². The maximum absolute atomic E-state index is 9.88. The third kappa shape index (κ3) is 2.86. The largest absolute Gasteiger partial charge is 0.508 e. The van der Waals surface area contributed by atoms with E-state index in [1.807, 2.05) is 13.0 Å². The Morgan fingerprint density at radius 1 is 1.11 bits per heavy atom. The molecular weight excluding hydrogens is 238 g/mol. The van der Waals surface area contributed by atoms with Crippen molar-refractivity contribution in [2.45, 2.75) is 19.8 Å². The molecule has 0 radical (unpaired) electrons. The lowest BCUT2D eigenvalue weighted by Crippen LogP contribution is -1.94. The molecule has 3 heteroatoms. The summed E-state index contributed by atoms with van der Waals surface area (Å²) in [4.78, 5) is 0. The van der Waals surface area contributed by atoms with Gasteiger partial charge in [0.25, 0.3) is 0 Å². The predicted molar refractivity (Wildman–Crippen MR) is 73.3 cm³/mol. The van der Waals surface area contributed by atoms with Gasteiger partial charge >= 0.3 is 0 Å². The van der Waals surface area contributed by atoms with E-state index in [1.54, 1.807) is 36.4 Å². The number of para-hydroxylation sites is 1. The smallest absolute Gasteiger partial charge is 0.145 e. The average molecular weight is 253 g/mol. The number of nitrogens with zero attached hydrogens (tertiary/aromatic N) is 1. The number of hydrogen-bond donors (Lipinski definition) is 1. The lowest BCUT2D eigenvalue weighted by molar-refractivity contribution is 0.442. The molecule has 0 fully saturated rings. The maximum atomic E-state index is 9.88. The van der Waals surface area contributed by atoms with Crippen LogP contribution in [0, 0.1) is 11.3 Å². The third-order valence-electron chi connectivity index (χ3n) is 2.84. The Kier molecular flexibility index (Phi) is 4.04. The first-order valence-electron chi connectivity index (χ1n) is 6.24. The number of phenolic OH excluding ortho intramolecular Hbond substituents is 1. The molecule has 0 bridgehead atoms. The molecule has 0 spiro atoms. The minimum absolute atomic E-state index is 0.230. The van der Waals surface area contributed by atoms with Crippen LogP contribution in [0.5, 0.6) is 17.2 Å². The van der Waals surface area contributed by atoms with Crippen LogP contribution >= 0.6 is 0 Å². The minimum atomic E-state index is 0.230. The van der Waals surface area contributed by atoms with E-state index in [0.717, 1.165) is 18.4 Å². The van der Waals surface area contributed by atoms with Crippen LogP contribution in [-0.4, -0.2) is 5.11 Å². The fourth-order valence-corrected chi connectivity index (χ4v) is 1.92. The topological polar surface area (TPSA) is 53.2 Å². The second-order valence-electron chi connectivity index (χ2n) is 4.21. The zero-order valence-electron chi connectivity index (χ0n) is 10.8. The van der Waals surface area contributed by atoms with Crippen LogP contribution in [0.25, 0.3) is 0 Å². The summed E-state index contributed by atoms with van der Waals surface area (Å²) in [7, 11) is 0. The number of aromatic hydroxyl groups is 1. The predicted octanol–water partition coefficient (Wildman–Crippen LogP) is 4.01. The highest BCUT2D eigenvalue weighted by Gasteiger charge is 2.10. The summed E-state index contributed by atoms with van der Waals surface area (Å²) in [6.07, 6.45) is 1.64. The number of phenols is 1. The Bertz CT molecular complexity index is 614. The van der Waals surface area contributed by atoms with Crippen molar-refractivity contribution in [3.63, 3.8) is 0 Å². The highest BCUT2D eigenvalue weighted by molar-refractivity contribution is 5.49. The molecule has 2 aromatic rings. The normalized spacial score (nSPS) is 9.89. The molecule has 1 N–H and O–H groups in total. The van der Waals surface area contributed by atoms with Gasteiger partial charge in [-0.1, -0.05) is 31.5 Å². The Morgan fingerprint density at radius 2 is 1.84 bits per heavy atom. The number of nitriles is 1. The van der Waals surface area contributed by atoms with Crippen molar-refractivity contribution in [1.82, 2.24) is 0 Å². The van der Waals surface area contributed by atoms with E-state index >= 15 is 0 Å². The number of hydrogen-bond acceptors (Lipinski definition) is 3. The molecule has 0 atom stereocenters. The molecule has 0 aliphatic heterocycles. The number of rotatable bonds is 4. The van der Waals surface area contributed by atoms with Crippen LogP contribution in [0.3, 0.4) is 0 Å². The van der Waals surface area contributed by atoms with E-state index < -0.39 is 0 Å². The van der Waals surface area contributed by atoms with Gasteiger partial charge in [-0.05, 0) is 30.7 Å². The standard InChI is InChI=1S/C16H15NO2/c1-2-6-13-14(18)8-5-10-16(13)19-15-9-4-3-7-12(15)11-17/h3-5,7-10,18H,2,6H2,1H3. The quantitative estimate of drug-likeness (QED) is 0.895. The van der Waals surface area contributed by atoms with Crippen LogP contribution < -0.4 is 4.74 Å². The van der Waals surface area contributed by atoms with Gasteiger partial charge in [0.1, 0.15) is 23.3 Å². The number of ether oxygens (including phenoxy) is 1. The summed E-state index contributed by atoms with van der Waals surface area (Å²) in [6.45, 7) is 2.04. The van der Waals surface area contributed by atoms with Crippen LogP contribution in [0.1, 0.15) is 24.5 Å². The van der Waals surface area contributed by atoms with Gasteiger partial charge in [-0.2, -0.15) is 5.26 Å². The minimum Gasteiger partial charge on any atom is -0.508 e. The van der Waals surface area contributed by atoms with Crippen molar-refractivity contribution in [2.24, 2.45) is 0 Å². The van der Waals surface area contributed by atoms with Crippen molar-refractivity contribution in [3.05, 3.63) is 53.6 Å². The zero-order valence-corrected chi connectivity index (χ0v) is 10.8. The molecule has 2 rings (SSSR count). The van der Waals surface area contributed by atoms with Crippen molar-refractivity contribution < 1.29 is 9.84 Å². The van der Waals surface area contributed by atoms with E-state index in [4.69, 9.17) is 10.00 Å². The van der Waals surface area contributed by atoms with Gasteiger partial charge < -0.3 is 9.84 Å². The van der Waals surface area contributed by atoms with Gasteiger partial charge in [0.2, 0.25) is 0 Å². The molecule has 2 aromatic carbocycles. The Hall–Kier alpha value is -2.47. The van der Waals surface area contributed by atoms with E-state index in [1.165, 1.54) is 0 Å². The van der Waals surface area contributed by atoms with Gasteiger partial charge in [0.05, 0.1) is 5.56 Å². The fourth-order valence-electron chi connectivity index (χ4n) is 1.92. The highest BCUT2D eigenvalue weighted by Crippen LogP contribution is 2.33. The van der Waals surface area contributed by atoms with Gasteiger partial charge in [-0.25, -0.2) is 0 Å². The summed E-state index contributed by atoms with van der Waals surface area (Å²) in [5.74, 6) is 1.34. The molecule has 0 amide bonds. The molecular formula is C16H15NO2. The summed E-state index contributed by atoms with van der Waals surface area (Å²) in [5, 5.41) is 18.9. The molecule has 0 aliphatic rings. The third-order valence-corrected chi connectivity index (χ3v) is 2.84. The van der Waals surface area contributed by atoms with E-state index in [9.17, 15) is 5.11 Å². The molecule has 0 aromatic heterocycles. The highest BCUT2D eigenvalue weighted by atomic mass is 16.5. The molecule has 0 heterocycles. The summed E-state index contributed by atoms with van der Waals surface area (Å²) in [5.41, 5.74) is 1.26. The molecule has 0 saturated carbocycles. The lowest BCUT2D eigenvalue weighted by atomic mass is 10.1. The maximum Gasteiger partial charge on any atom is 0.145 e. The molecule has 0 unspecified atom stereocenters. The zero-order chi connectivity index (χ0) is 13.7. The monoisotopic (exact) mass is 253 g/mol. The molecule has 0 aliphatic carbocycles. The number of benzene rings is 2. The fraction of sp³-hybridized carbons (Fsp3) is 0.188. The molecule has 19 heavy (non-hydrogen) atoms. The van der Waals surface area contributed by atoms with Gasteiger partial charge in [0, 0.05) is 5.56 Å². The summed E-state index contributed by atoms with van der Waals surface area (Å²) in [6, 6.07) is 14.3. The van der Waals surface area contributed by atoms with E-state index in [0.29, 0.717) is 17.1 Å². The first kappa shape index (κ1) is 13.0. The Morgan fingerprint density at radius 3 is 2.58 bits per heavy atom. The van der Waals surface area contributed by atoms with Gasteiger partial charge in [-0.3, -0.25) is 0 Å². The van der Waals surface area contributed by atoms with Gasteiger partial charge in [0.15, 0.2) is 0 Å². The Labute approximate surface area is 112 Å².